The number of likely N-dealkylation sites (tertiary alicyclic amines) is 1. The normalized spacial score (nSPS) is 17.5. The van der Waals surface area contributed by atoms with Gasteiger partial charge in [-0.1, -0.05) is 19.1 Å². The maximum Gasteiger partial charge on any atom is 0.416 e. The molecule has 0 radical (unpaired) electrons. The highest BCUT2D eigenvalue weighted by atomic mass is 35.5. The van der Waals surface area contributed by atoms with Crippen molar-refractivity contribution in [3.8, 4) is 0 Å². The van der Waals surface area contributed by atoms with Crippen LogP contribution >= 0.6 is 12.4 Å². The molecule has 1 fully saturated rings. The first-order valence-corrected chi connectivity index (χ1v) is 7.48. The lowest BCUT2D eigenvalue weighted by molar-refractivity contribution is -0.138. The second-order valence-electron chi connectivity index (χ2n) is 5.96. The summed E-state index contributed by atoms with van der Waals surface area (Å²) in [5.41, 5.74) is 5.89. The second-order valence-corrected chi connectivity index (χ2v) is 5.96. The summed E-state index contributed by atoms with van der Waals surface area (Å²) in [4.78, 5) is 14.1. The van der Waals surface area contributed by atoms with Gasteiger partial charge in [0.25, 0.3) is 0 Å². The number of piperidine rings is 1. The summed E-state index contributed by atoms with van der Waals surface area (Å²) in [6.45, 7) is 3.14. The van der Waals surface area contributed by atoms with Crippen LogP contribution in [0, 0.1) is 5.92 Å². The average molecular weight is 351 g/mol. The van der Waals surface area contributed by atoms with Gasteiger partial charge in [-0.05, 0) is 37.0 Å². The van der Waals surface area contributed by atoms with Crippen LogP contribution in [0.15, 0.2) is 24.3 Å². The number of halogens is 4. The predicted molar refractivity (Wildman–Crippen MR) is 85.3 cm³/mol. The number of rotatable bonds is 3. The van der Waals surface area contributed by atoms with Gasteiger partial charge in [-0.15, -0.1) is 12.4 Å². The van der Waals surface area contributed by atoms with Crippen molar-refractivity contribution in [2.45, 2.75) is 38.4 Å². The summed E-state index contributed by atoms with van der Waals surface area (Å²) < 4.78 is 37.5. The summed E-state index contributed by atoms with van der Waals surface area (Å²) in [7, 11) is 0. The van der Waals surface area contributed by atoms with E-state index < -0.39 is 11.7 Å². The van der Waals surface area contributed by atoms with Gasteiger partial charge in [-0.3, -0.25) is 4.79 Å². The Morgan fingerprint density at radius 3 is 2.26 bits per heavy atom. The van der Waals surface area contributed by atoms with Crippen LogP contribution in [0.4, 0.5) is 13.2 Å². The molecule has 0 saturated carbocycles. The van der Waals surface area contributed by atoms with Crippen LogP contribution < -0.4 is 5.73 Å². The van der Waals surface area contributed by atoms with Crippen molar-refractivity contribution in [2.75, 3.05) is 13.1 Å². The fourth-order valence-electron chi connectivity index (χ4n) is 2.70. The number of carbonyl (C=O) groups excluding carboxylic acids is 1. The van der Waals surface area contributed by atoms with Crippen LogP contribution in [0.25, 0.3) is 0 Å². The maximum atomic E-state index is 12.5. The summed E-state index contributed by atoms with van der Waals surface area (Å²) in [6, 6.07) is 5.17. The quantitative estimate of drug-likeness (QED) is 0.909. The SMILES string of the molecule is CC(Cc1ccc(C(F)(F)F)cc1)C(=O)N1CCC(N)CC1.Cl. The zero-order chi connectivity index (χ0) is 16.3. The molecule has 1 aliphatic rings. The molecule has 1 heterocycles. The van der Waals surface area contributed by atoms with E-state index in [-0.39, 0.29) is 30.3 Å². The molecule has 0 bridgehead atoms. The molecule has 2 rings (SSSR count). The van der Waals surface area contributed by atoms with E-state index in [0.29, 0.717) is 19.5 Å². The van der Waals surface area contributed by atoms with Gasteiger partial charge in [0.15, 0.2) is 0 Å². The standard InChI is InChI=1S/C16H21F3N2O.ClH/c1-11(15(22)21-8-6-14(20)7-9-21)10-12-2-4-13(5-3-12)16(17,18)19;/h2-5,11,14H,6-10,20H2,1H3;1H. The Morgan fingerprint density at radius 1 is 1.26 bits per heavy atom. The summed E-state index contributed by atoms with van der Waals surface area (Å²) in [5.74, 6) is -0.196. The number of nitrogens with two attached hydrogens (primary N) is 1. The van der Waals surface area contributed by atoms with Gasteiger partial charge in [0.2, 0.25) is 5.91 Å². The molecular formula is C16H22ClF3N2O. The monoisotopic (exact) mass is 350 g/mol. The molecule has 1 unspecified atom stereocenters. The molecule has 0 aromatic heterocycles. The molecule has 2 N–H and O–H groups in total. The van der Waals surface area contributed by atoms with E-state index in [1.807, 2.05) is 6.92 Å². The van der Waals surface area contributed by atoms with Crippen molar-refractivity contribution in [2.24, 2.45) is 11.7 Å². The highest BCUT2D eigenvalue weighted by Crippen LogP contribution is 2.29. The van der Waals surface area contributed by atoms with Crippen LogP contribution in [0.1, 0.15) is 30.9 Å². The van der Waals surface area contributed by atoms with Crippen LogP contribution in [0.2, 0.25) is 0 Å². The van der Waals surface area contributed by atoms with Gasteiger partial charge in [0.05, 0.1) is 5.56 Å². The van der Waals surface area contributed by atoms with Gasteiger partial charge >= 0.3 is 6.18 Å². The lowest BCUT2D eigenvalue weighted by Crippen LogP contribution is -2.45. The van der Waals surface area contributed by atoms with Crippen LogP contribution in [0.3, 0.4) is 0 Å². The van der Waals surface area contributed by atoms with Crippen molar-refractivity contribution in [3.63, 3.8) is 0 Å². The lowest BCUT2D eigenvalue weighted by Gasteiger charge is -2.32. The topological polar surface area (TPSA) is 46.3 Å². The van der Waals surface area contributed by atoms with Gasteiger partial charge in [-0.25, -0.2) is 0 Å². The van der Waals surface area contributed by atoms with E-state index in [0.717, 1.165) is 30.5 Å². The Hall–Kier alpha value is -1.27. The van der Waals surface area contributed by atoms with Crippen molar-refractivity contribution in [1.29, 1.82) is 0 Å². The highest BCUT2D eigenvalue weighted by molar-refractivity contribution is 5.85. The predicted octanol–water partition coefficient (Wildman–Crippen LogP) is 3.26. The minimum absolute atomic E-state index is 0. The number of hydrogen-bond acceptors (Lipinski definition) is 2. The molecule has 1 amide bonds. The number of benzene rings is 1. The fourth-order valence-corrected chi connectivity index (χ4v) is 2.70. The molecular weight excluding hydrogens is 329 g/mol. The number of amides is 1. The zero-order valence-electron chi connectivity index (χ0n) is 13.0. The number of hydrogen-bond donors (Lipinski definition) is 1. The van der Waals surface area contributed by atoms with E-state index in [2.05, 4.69) is 0 Å². The maximum absolute atomic E-state index is 12.5. The van der Waals surface area contributed by atoms with Crippen molar-refractivity contribution >= 4 is 18.3 Å². The molecule has 1 atom stereocenters. The summed E-state index contributed by atoms with van der Waals surface area (Å²) in [6.07, 6.45) is -2.27. The van der Waals surface area contributed by atoms with Crippen molar-refractivity contribution < 1.29 is 18.0 Å². The van der Waals surface area contributed by atoms with E-state index in [1.54, 1.807) is 4.90 Å². The minimum atomic E-state index is -4.33. The smallest absolute Gasteiger partial charge is 0.342 e. The largest absolute Gasteiger partial charge is 0.416 e. The lowest BCUT2D eigenvalue weighted by atomic mass is 9.97. The first-order valence-electron chi connectivity index (χ1n) is 7.48. The molecule has 3 nitrogen and oxygen atoms in total. The number of carbonyl (C=O) groups is 1. The molecule has 0 spiro atoms. The average Bonchev–Trinajstić information content (AvgIpc) is 2.47. The molecule has 7 heteroatoms. The van der Waals surface area contributed by atoms with Crippen molar-refractivity contribution in [1.82, 2.24) is 4.90 Å². The van der Waals surface area contributed by atoms with Crippen LogP contribution in [0.5, 0.6) is 0 Å². The Kier molecular flexibility index (Phi) is 6.89. The molecule has 23 heavy (non-hydrogen) atoms. The fraction of sp³-hybridized carbons (Fsp3) is 0.562. The van der Waals surface area contributed by atoms with Gasteiger partial charge < -0.3 is 10.6 Å². The third kappa shape index (κ3) is 5.39. The molecule has 130 valence electrons. The van der Waals surface area contributed by atoms with Crippen molar-refractivity contribution in [3.05, 3.63) is 35.4 Å². The molecule has 1 aromatic carbocycles. The number of nitrogens with zero attached hydrogens (tertiary/aromatic N) is 1. The molecule has 0 aliphatic carbocycles. The first kappa shape index (κ1) is 19.8. The van der Waals surface area contributed by atoms with Gasteiger partial charge in [-0.2, -0.15) is 13.2 Å². The first-order chi connectivity index (χ1) is 10.3. The van der Waals surface area contributed by atoms with E-state index in [1.165, 1.54) is 12.1 Å². The third-order valence-electron chi connectivity index (χ3n) is 4.10. The Morgan fingerprint density at radius 2 is 1.78 bits per heavy atom. The second kappa shape index (κ2) is 8.02. The minimum Gasteiger partial charge on any atom is -0.342 e. The van der Waals surface area contributed by atoms with Gasteiger partial charge in [0, 0.05) is 25.0 Å². The third-order valence-corrected chi connectivity index (χ3v) is 4.10. The Labute approximate surface area is 140 Å². The zero-order valence-corrected chi connectivity index (χ0v) is 13.8. The molecule has 1 saturated heterocycles. The molecule has 1 aromatic rings. The van der Waals surface area contributed by atoms with E-state index in [9.17, 15) is 18.0 Å². The van der Waals surface area contributed by atoms with E-state index >= 15 is 0 Å². The summed E-state index contributed by atoms with van der Waals surface area (Å²) >= 11 is 0. The van der Waals surface area contributed by atoms with E-state index in [4.69, 9.17) is 5.73 Å². The van der Waals surface area contributed by atoms with Crippen LogP contribution in [-0.2, 0) is 17.4 Å². The molecule has 1 aliphatic heterocycles. The van der Waals surface area contributed by atoms with Gasteiger partial charge in [0.1, 0.15) is 0 Å². The highest BCUT2D eigenvalue weighted by Gasteiger charge is 2.30. The van der Waals surface area contributed by atoms with Crippen LogP contribution in [-0.4, -0.2) is 29.9 Å². The number of alkyl halides is 3. The Bertz CT molecular complexity index is 511. The summed E-state index contributed by atoms with van der Waals surface area (Å²) in [5, 5.41) is 0. The Balaban J connectivity index is 0.00000264.